The summed E-state index contributed by atoms with van der Waals surface area (Å²) in [6.45, 7) is 6.11. The molecule has 0 bridgehead atoms. The monoisotopic (exact) mass is 337 g/mol. The van der Waals surface area contributed by atoms with Gasteiger partial charge in [0.1, 0.15) is 22.1 Å². The average Bonchev–Trinajstić information content (AvgIpc) is 2.38. The summed E-state index contributed by atoms with van der Waals surface area (Å²) in [6, 6.07) is 8.34. The molecule has 3 nitrogen and oxygen atoms in total. The number of rotatable bonds is 4. The lowest BCUT2D eigenvalue weighted by molar-refractivity contribution is 0.626. The molecule has 1 unspecified atom stereocenters. The van der Waals surface area contributed by atoms with Gasteiger partial charge < -0.3 is 5.32 Å². The number of hydrogen-bond acceptors (Lipinski definition) is 3. The molecular formula is C15H17BrFN3. The molecule has 0 amide bonds. The fraction of sp³-hybridized carbons (Fsp3) is 0.333. The predicted molar refractivity (Wildman–Crippen MR) is 82.3 cm³/mol. The lowest BCUT2D eigenvalue weighted by Gasteiger charge is -2.16. The number of anilines is 1. The fourth-order valence-electron chi connectivity index (χ4n) is 1.82. The van der Waals surface area contributed by atoms with Crippen LogP contribution in [0.2, 0.25) is 0 Å². The fourth-order valence-corrected chi connectivity index (χ4v) is 2.22. The van der Waals surface area contributed by atoms with E-state index in [-0.39, 0.29) is 17.8 Å². The quantitative estimate of drug-likeness (QED) is 0.823. The summed E-state index contributed by atoms with van der Waals surface area (Å²) >= 11 is 3.40. The van der Waals surface area contributed by atoms with Crippen molar-refractivity contribution in [2.24, 2.45) is 0 Å². The van der Waals surface area contributed by atoms with Crippen molar-refractivity contribution in [2.45, 2.75) is 32.7 Å². The number of nitrogens with one attached hydrogen (secondary N) is 1. The zero-order valence-corrected chi connectivity index (χ0v) is 13.3. The molecule has 1 N–H and O–H groups in total. The second-order valence-corrected chi connectivity index (χ2v) is 5.82. The normalized spacial score (nSPS) is 12.5. The second-order valence-electron chi connectivity index (χ2n) is 5.01. The maximum atomic E-state index is 12.9. The van der Waals surface area contributed by atoms with Crippen LogP contribution < -0.4 is 5.32 Å². The van der Waals surface area contributed by atoms with Crippen molar-refractivity contribution in [3.05, 3.63) is 52.1 Å². The van der Waals surface area contributed by atoms with Crippen LogP contribution in [0.25, 0.3) is 0 Å². The molecule has 2 rings (SSSR count). The Morgan fingerprint density at radius 1 is 1.10 bits per heavy atom. The molecule has 0 aliphatic carbocycles. The third-order valence-corrected chi connectivity index (χ3v) is 3.37. The standard InChI is InChI=1S/C15H17BrFN3/c1-9(2)15-19-13(16)8-14(20-15)18-10(3)11-4-6-12(17)7-5-11/h4-10H,1-3H3,(H,18,19,20). The van der Waals surface area contributed by atoms with Crippen molar-refractivity contribution < 1.29 is 4.39 Å². The van der Waals surface area contributed by atoms with Gasteiger partial charge in [-0.15, -0.1) is 0 Å². The lowest BCUT2D eigenvalue weighted by atomic mass is 10.1. The lowest BCUT2D eigenvalue weighted by Crippen LogP contribution is -2.10. The first-order chi connectivity index (χ1) is 9.45. The van der Waals surface area contributed by atoms with Crippen molar-refractivity contribution in [1.82, 2.24) is 9.97 Å². The van der Waals surface area contributed by atoms with Crippen LogP contribution in [0.1, 0.15) is 44.1 Å². The third kappa shape index (κ3) is 3.76. The predicted octanol–water partition coefficient (Wildman–Crippen LogP) is 4.67. The zero-order chi connectivity index (χ0) is 14.7. The largest absolute Gasteiger partial charge is 0.363 e. The molecule has 1 aromatic carbocycles. The Kier molecular flexibility index (Phi) is 4.70. The molecule has 0 aliphatic heterocycles. The number of halogens is 2. The molecule has 0 radical (unpaired) electrons. The van der Waals surface area contributed by atoms with Gasteiger partial charge in [-0.3, -0.25) is 0 Å². The van der Waals surface area contributed by atoms with E-state index in [0.717, 1.165) is 21.8 Å². The van der Waals surface area contributed by atoms with Gasteiger partial charge in [0.25, 0.3) is 0 Å². The maximum Gasteiger partial charge on any atom is 0.134 e. The molecule has 0 aliphatic rings. The summed E-state index contributed by atoms with van der Waals surface area (Å²) in [6.07, 6.45) is 0. The summed E-state index contributed by atoms with van der Waals surface area (Å²) in [5.41, 5.74) is 1.01. The Morgan fingerprint density at radius 2 is 1.75 bits per heavy atom. The Hall–Kier alpha value is -1.49. The Balaban J connectivity index is 2.18. The highest BCUT2D eigenvalue weighted by atomic mass is 79.9. The molecule has 1 heterocycles. The van der Waals surface area contributed by atoms with E-state index in [1.807, 2.05) is 13.0 Å². The summed E-state index contributed by atoms with van der Waals surface area (Å²) in [7, 11) is 0. The van der Waals surface area contributed by atoms with E-state index < -0.39 is 0 Å². The number of nitrogens with zero attached hydrogens (tertiary/aromatic N) is 2. The molecule has 20 heavy (non-hydrogen) atoms. The smallest absolute Gasteiger partial charge is 0.134 e. The van der Waals surface area contributed by atoms with Crippen LogP contribution in [-0.4, -0.2) is 9.97 Å². The van der Waals surface area contributed by atoms with Gasteiger partial charge in [0.15, 0.2) is 0 Å². The maximum absolute atomic E-state index is 12.9. The van der Waals surface area contributed by atoms with Gasteiger partial charge >= 0.3 is 0 Å². The summed E-state index contributed by atoms with van der Waals surface area (Å²) < 4.78 is 13.7. The van der Waals surface area contributed by atoms with Gasteiger partial charge in [-0.1, -0.05) is 26.0 Å². The minimum absolute atomic E-state index is 0.0393. The Bertz CT molecular complexity index is 584. The van der Waals surface area contributed by atoms with Crippen LogP contribution >= 0.6 is 15.9 Å². The van der Waals surface area contributed by atoms with E-state index in [0.29, 0.717) is 0 Å². The highest BCUT2D eigenvalue weighted by Crippen LogP contribution is 2.22. The molecule has 1 aromatic heterocycles. The molecule has 0 spiro atoms. The van der Waals surface area contributed by atoms with E-state index in [2.05, 4.69) is 45.1 Å². The molecule has 0 saturated heterocycles. The molecule has 0 fully saturated rings. The van der Waals surface area contributed by atoms with Crippen molar-refractivity contribution in [1.29, 1.82) is 0 Å². The Morgan fingerprint density at radius 3 is 2.35 bits per heavy atom. The van der Waals surface area contributed by atoms with Crippen LogP contribution in [0, 0.1) is 5.82 Å². The van der Waals surface area contributed by atoms with Crippen molar-refractivity contribution in [3.8, 4) is 0 Å². The van der Waals surface area contributed by atoms with E-state index >= 15 is 0 Å². The van der Waals surface area contributed by atoms with E-state index in [4.69, 9.17) is 0 Å². The number of hydrogen-bond donors (Lipinski definition) is 1. The SMILES string of the molecule is CC(C)c1nc(Br)cc(NC(C)c2ccc(F)cc2)n1. The molecule has 0 saturated carbocycles. The third-order valence-electron chi connectivity index (χ3n) is 2.96. The van der Waals surface area contributed by atoms with Gasteiger partial charge in [-0.2, -0.15) is 0 Å². The van der Waals surface area contributed by atoms with Gasteiger partial charge in [0.05, 0.1) is 0 Å². The van der Waals surface area contributed by atoms with E-state index in [1.165, 1.54) is 12.1 Å². The van der Waals surface area contributed by atoms with Crippen LogP contribution in [0.3, 0.4) is 0 Å². The van der Waals surface area contributed by atoms with Crippen molar-refractivity contribution in [3.63, 3.8) is 0 Å². The van der Waals surface area contributed by atoms with Crippen LogP contribution in [0.4, 0.5) is 10.2 Å². The number of benzene rings is 1. The van der Waals surface area contributed by atoms with Gasteiger partial charge in [-0.05, 0) is 40.5 Å². The van der Waals surface area contributed by atoms with Crippen molar-refractivity contribution >= 4 is 21.7 Å². The van der Waals surface area contributed by atoms with Gasteiger partial charge in [-0.25, -0.2) is 14.4 Å². The van der Waals surface area contributed by atoms with Crippen LogP contribution in [0.5, 0.6) is 0 Å². The van der Waals surface area contributed by atoms with E-state index in [1.54, 1.807) is 12.1 Å². The second kappa shape index (κ2) is 6.31. The minimum Gasteiger partial charge on any atom is -0.363 e. The van der Waals surface area contributed by atoms with Gasteiger partial charge in [0.2, 0.25) is 0 Å². The summed E-state index contributed by atoms with van der Waals surface area (Å²) in [5, 5.41) is 3.31. The first-order valence-electron chi connectivity index (χ1n) is 6.52. The highest BCUT2D eigenvalue weighted by Gasteiger charge is 2.10. The topological polar surface area (TPSA) is 37.8 Å². The molecule has 2 aromatic rings. The molecule has 5 heteroatoms. The average molecular weight is 338 g/mol. The van der Waals surface area contributed by atoms with Crippen molar-refractivity contribution in [2.75, 3.05) is 5.32 Å². The summed E-state index contributed by atoms with van der Waals surface area (Å²) in [5.74, 6) is 1.57. The Labute approximate surface area is 126 Å². The summed E-state index contributed by atoms with van der Waals surface area (Å²) in [4.78, 5) is 8.83. The highest BCUT2D eigenvalue weighted by molar-refractivity contribution is 9.10. The van der Waals surface area contributed by atoms with Crippen LogP contribution in [-0.2, 0) is 0 Å². The first kappa shape index (κ1) is 14.9. The molecular weight excluding hydrogens is 321 g/mol. The first-order valence-corrected chi connectivity index (χ1v) is 7.31. The van der Waals surface area contributed by atoms with Gasteiger partial charge in [0, 0.05) is 18.0 Å². The van der Waals surface area contributed by atoms with E-state index in [9.17, 15) is 4.39 Å². The van der Waals surface area contributed by atoms with Crippen LogP contribution in [0.15, 0.2) is 34.9 Å². The number of aromatic nitrogens is 2. The molecule has 106 valence electrons. The zero-order valence-electron chi connectivity index (χ0n) is 11.7. The molecule has 1 atom stereocenters. The minimum atomic E-state index is -0.229.